The van der Waals surface area contributed by atoms with Crippen LogP contribution in [0.4, 0.5) is 5.82 Å². The average Bonchev–Trinajstić information content (AvgIpc) is 2.76. The van der Waals surface area contributed by atoms with Gasteiger partial charge in [-0.2, -0.15) is 0 Å². The number of hydrogen-bond donors (Lipinski definition) is 1. The molecule has 1 aliphatic rings. The van der Waals surface area contributed by atoms with Crippen molar-refractivity contribution in [1.82, 2.24) is 9.97 Å². The quantitative estimate of drug-likeness (QED) is 0.794. The van der Waals surface area contributed by atoms with E-state index in [-0.39, 0.29) is 11.4 Å². The highest BCUT2D eigenvalue weighted by molar-refractivity contribution is 5.95. The maximum atomic E-state index is 11.6. The Morgan fingerprint density at radius 2 is 2.22 bits per heavy atom. The molecule has 1 aromatic rings. The van der Waals surface area contributed by atoms with Crippen molar-refractivity contribution in [1.29, 1.82) is 0 Å². The summed E-state index contributed by atoms with van der Waals surface area (Å²) < 4.78 is 10.3. The van der Waals surface area contributed by atoms with Crippen molar-refractivity contribution in [2.24, 2.45) is 0 Å². The molecule has 2 N–H and O–H groups in total. The topological polar surface area (TPSA) is 87.3 Å². The van der Waals surface area contributed by atoms with E-state index >= 15 is 0 Å². The summed E-state index contributed by atoms with van der Waals surface area (Å²) in [4.78, 5) is 20.1. The molecule has 2 rings (SSSR count). The van der Waals surface area contributed by atoms with E-state index in [0.29, 0.717) is 18.1 Å². The largest absolute Gasteiger partial charge is 0.465 e. The molecule has 1 unspecified atom stereocenters. The van der Waals surface area contributed by atoms with Gasteiger partial charge in [0.05, 0.1) is 12.8 Å². The number of nitrogens with zero attached hydrogens (tertiary/aromatic N) is 2. The zero-order valence-electron chi connectivity index (χ0n) is 10.8. The smallest absolute Gasteiger partial charge is 0.343 e. The van der Waals surface area contributed by atoms with Gasteiger partial charge in [-0.15, -0.1) is 0 Å². The third-order valence-electron chi connectivity index (χ3n) is 3.20. The highest BCUT2D eigenvalue weighted by Gasteiger charge is 2.36. The highest BCUT2D eigenvalue weighted by Crippen LogP contribution is 2.34. The first kappa shape index (κ1) is 12.8. The Kier molecular flexibility index (Phi) is 3.21. The second-order valence-electron chi connectivity index (χ2n) is 4.57. The highest BCUT2D eigenvalue weighted by atomic mass is 16.5. The number of aromatic nitrogens is 2. The van der Waals surface area contributed by atoms with Crippen molar-refractivity contribution >= 4 is 11.8 Å². The summed E-state index contributed by atoms with van der Waals surface area (Å²) >= 11 is 0. The van der Waals surface area contributed by atoms with Crippen molar-refractivity contribution in [2.75, 3.05) is 19.5 Å². The predicted octanol–water partition coefficient (Wildman–Crippen LogP) is 1.18. The predicted molar refractivity (Wildman–Crippen MR) is 65.1 cm³/mol. The molecule has 2 heterocycles. The summed E-state index contributed by atoms with van der Waals surface area (Å²) in [5.41, 5.74) is 6.05. The molecule has 0 bridgehead atoms. The molecule has 1 aliphatic heterocycles. The Morgan fingerprint density at radius 3 is 2.72 bits per heavy atom. The van der Waals surface area contributed by atoms with Gasteiger partial charge in [0.2, 0.25) is 0 Å². The number of anilines is 1. The molecule has 98 valence electrons. The summed E-state index contributed by atoms with van der Waals surface area (Å²) in [6, 6.07) is 0. The molecule has 0 spiro atoms. The zero-order valence-corrected chi connectivity index (χ0v) is 10.8. The van der Waals surface area contributed by atoms with Crippen LogP contribution in [0.2, 0.25) is 0 Å². The van der Waals surface area contributed by atoms with E-state index in [1.54, 1.807) is 6.92 Å². The van der Waals surface area contributed by atoms with Crippen LogP contribution in [0.5, 0.6) is 0 Å². The van der Waals surface area contributed by atoms with Gasteiger partial charge in [-0.3, -0.25) is 0 Å². The number of methoxy groups -OCH3 is 1. The third-order valence-corrected chi connectivity index (χ3v) is 3.20. The minimum absolute atomic E-state index is 0.140. The minimum atomic E-state index is -0.519. The maximum Gasteiger partial charge on any atom is 0.343 e. The summed E-state index contributed by atoms with van der Waals surface area (Å²) in [6.45, 7) is 4.34. The van der Waals surface area contributed by atoms with Gasteiger partial charge in [0.1, 0.15) is 17.0 Å². The first-order valence-electron chi connectivity index (χ1n) is 5.85. The second kappa shape index (κ2) is 4.53. The molecule has 1 saturated heterocycles. The number of rotatable bonds is 2. The van der Waals surface area contributed by atoms with Gasteiger partial charge >= 0.3 is 5.97 Å². The number of carbonyl (C=O) groups is 1. The van der Waals surface area contributed by atoms with Crippen LogP contribution in [0.3, 0.4) is 0 Å². The second-order valence-corrected chi connectivity index (χ2v) is 4.57. The molecule has 1 fully saturated rings. The van der Waals surface area contributed by atoms with Crippen LogP contribution in [-0.2, 0) is 15.1 Å². The Labute approximate surface area is 106 Å². The zero-order chi connectivity index (χ0) is 13.3. The average molecular weight is 251 g/mol. The van der Waals surface area contributed by atoms with Crippen LogP contribution < -0.4 is 5.73 Å². The molecule has 0 saturated carbocycles. The normalized spacial score (nSPS) is 23.1. The first-order valence-corrected chi connectivity index (χ1v) is 5.85. The van der Waals surface area contributed by atoms with Crippen LogP contribution in [0.25, 0.3) is 0 Å². The van der Waals surface area contributed by atoms with E-state index in [2.05, 4.69) is 14.7 Å². The van der Waals surface area contributed by atoms with Gasteiger partial charge in [-0.05, 0) is 26.7 Å². The Balaban J connectivity index is 2.45. The SMILES string of the molecule is COC(=O)c1c(C)nc(C2(C)CCCO2)nc1N. The van der Waals surface area contributed by atoms with E-state index < -0.39 is 11.6 Å². The molecule has 18 heavy (non-hydrogen) atoms. The number of nitrogens with two attached hydrogens (primary N) is 1. The lowest BCUT2D eigenvalue weighted by atomic mass is 10.0. The fourth-order valence-corrected chi connectivity index (χ4v) is 2.14. The monoisotopic (exact) mass is 251 g/mol. The molecule has 0 radical (unpaired) electrons. The lowest BCUT2D eigenvalue weighted by Crippen LogP contribution is -2.26. The number of carbonyl (C=O) groups excluding carboxylic acids is 1. The van der Waals surface area contributed by atoms with Gasteiger partial charge in [0.25, 0.3) is 0 Å². The van der Waals surface area contributed by atoms with Crippen LogP contribution in [0.15, 0.2) is 0 Å². The minimum Gasteiger partial charge on any atom is -0.465 e. The lowest BCUT2D eigenvalue weighted by Gasteiger charge is -2.22. The summed E-state index contributed by atoms with van der Waals surface area (Å²) in [7, 11) is 1.30. The fourth-order valence-electron chi connectivity index (χ4n) is 2.14. The Morgan fingerprint density at radius 1 is 1.50 bits per heavy atom. The van der Waals surface area contributed by atoms with Gasteiger partial charge < -0.3 is 15.2 Å². The lowest BCUT2D eigenvalue weighted by molar-refractivity contribution is 0.00921. The van der Waals surface area contributed by atoms with Crippen molar-refractivity contribution in [3.8, 4) is 0 Å². The van der Waals surface area contributed by atoms with Crippen molar-refractivity contribution in [2.45, 2.75) is 32.3 Å². The van der Waals surface area contributed by atoms with Crippen LogP contribution in [0, 0.1) is 6.92 Å². The molecule has 6 nitrogen and oxygen atoms in total. The summed E-state index contributed by atoms with van der Waals surface area (Å²) in [5.74, 6) is 0.151. The van der Waals surface area contributed by atoms with Crippen molar-refractivity contribution in [3.63, 3.8) is 0 Å². The molecular weight excluding hydrogens is 234 g/mol. The molecular formula is C12H17N3O3. The van der Waals surface area contributed by atoms with E-state index in [1.165, 1.54) is 7.11 Å². The van der Waals surface area contributed by atoms with Crippen molar-refractivity contribution < 1.29 is 14.3 Å². The molecule has 0 amide bonds. The number of hydrogen-bond acceptors (Lipinski definition) is 6. The standard InChI is InChI=1S/C12H17N3O3/c1-7-8(10(16)17-3)9(13)15-11(14-7)12(2)5-4-6-18-12/h4-6H2,1-3H3,(H2,13,14,15). The van der Waals surface area contributed by atoms with Crippen LogP contribution >= 0.6 is 0 Å². The summed E-state index contributed by atoms with van der Waals surface area (Å²) in [6.07, 6.45) is 1.82. The van der Waals surface area contributed by atoms with Crippen LogP contribution in [-0.4, -0.2) is 29.7 Å². The first-order chi connectivity index (χ1) is 8.48. The molecule has 1 atom stereocenters. The third kappa shape index (κ3) is 2.03. The molecule has 6 heteroatoms. The Hall–Kier alpha value is -1.69. The van der Waals surface area contributed by atoms with E-state index in [9.17, 15) is 4.79 Å². The fraction of sp³-hybridized carbons (Fsp3) is 0.583. The van der Waals surface area contributed by atoms with E-state index in [0.717, 1.165) is 12.8 Å². The maximum absolute atomic E-state index is 11.6. The number of nitrogen functional groups attached to an aromatic ring is 1. The molecule has 0 aromatic carbocycles. The van der Waals surface area contributed by atoms with Crippen molar-refractivity contribution in [3.05, 3.63) is 17.1 Å². The van der Waals surface area contributed by atoms with Gasteiger partial charge in [0.15, 0.2) is 5.82 Å². The Bertz CT molecular complexity index is 458. The van der Waals surface area contributed by atoms with Gasteiger partial charge in [-0.1, -0.05) is 0 Å². The number of aryl methyl sites for hydroxylation is 1. The van der Waals surface area contributed by atoms with E-state index in [4.69, 9.17) is 10.5 Å². The molecule has 0 aliphatic carbocycles. The number of esters is 1. The van der Waals surface area contributed by atoms with Crippen LogP contribution in [0.1, 0.15) is 41.6 Å². The summed E-state index contributed by atoms with van der Waals surface area (Å²) in [5, 5.41) is 0. The van der Waals surface area contributed by atoms with Gasteiger partial charge in [0, 0.05) is 6.61 Å². The molecule has 1 aromatic heterocycles. The van der Waals surface area contributed by atoms with E-state index in [1.807, 2.05) is 6.92 Å². The van der Waals surface area contributed by atoms with Gasteiger partial charge in [-0.25, -0.2) is 14.8 Å². The number of ether oxygens (including phenoxy) is 2.